The smallest absolute Gasteiger partial charge is 0.272 e. The molecule has 0 saturated carbocycles. The van der Waals surface area contributed by atoms with E-state index in [1.165, 1.54) is 29.0 Å². The second kappa shape index (κ2) is 6.27. The first kappa shape index (κ1) is 17.6. The summed E-state index contributed by atoms with van der Waals surface area (Å²) in [5.74, 6) is -0.767. The zero-order chi connectivity index (χ0) is 18.4. The Morgan fingerprint density at radius 1 is 1.40 bits per heavy atom. The molecule has 8 heteroatoms. The molecule has 0 saturated heterocycles. The fraction of sp³-hybridized carbons (Fsp3) is 0.353. The first-order valence-electron chi connectivity index (χ1n) is 7.97. The number of aromatic nitrogens is 1. The number of fused-ring (bicyclic) bond motifs is 1. The Kier molecular flexibility index (Phi) is 4.42. The highest BCUT2D eigenvalue weighted by atomic mass is 32.2. The highest BCUT2D eigenvalue weighted by Crippen LogP contribution is 2.28. The van der Waals surface area contributed by atoms with E-state index < -0.39 is 15.9 Å². The summed E-state index contributed by atoms with van der Waals surface area (Å²) in [6.45, 7) is 3.41. The summed E-state index contributed by atoms with van der Waals surface area (Å²) in [7, 11) is -2.01. The van der Waals surface area contributed by atoms with E-state index in [2.05, 4.69) is 10.0 Å². The van der Waals surface area contributed by atoms with E-state index in [1.807, 2.05) is 0 Å². The fourth-order valence-corrected chi connectivity index (χ4v) is 4.67. The quantitative estimate of drug-likeness (QED) is 0.857. The average Bonchev–Trinajstić information content (AvgIpc) is 2.81. The number of sulfonamides is 1. The highest BCUT2D eigenvalue weighted by molar-refractivity contribution is 7.89. The molecular formula is C17H20FN3O3S. The molecule has 2 heterocycles. The number of benzene rings is 1. The van der Waals surface area contributed by atoms with Crippen LogP contribution in [0.1, 0.15) is 35.0 Å². The predicted molar refractivity (Wildman–Crippen MR) is 92.6 cm³/mol. The number of carbonyl (C=O) groups excluding carboxylic acids is 1. The third-order valence-electron chi connectivity index (χ3n) is 4.35. The van der Waals surface area contributed by atoms with Crippen molar-refractivity contribution in [1.82, 2.24) is 9.29 Å². The van der Waals surface area contributed by atoms with Crippen molar-refractivity contribution in [2.24, 2.45) is 7.05 Å². The Morgan fingerprint density at radius 2 is 2.12 bits per heavy atom. The van der Waals surface area contributed by atoms with Crippen LogP contribution in [-0.2, 0) is 23.5 Å². The number of rotatable bonds is 2. The molecule has 1 atom stereocenters. The highest BCUT2D eigenvalue weighted by Gasteiger charge is 2.31. The summed E-state index contributed by atoms with van der Waals surface area (Å²) in [6.07, 6.45) is 2.54. The van der Waals surface area contributed by atoms with Crippen molar-refractivity contribution in [2.45, 2.75) is 37.6 Å². The van der Waals surface area contributed by atoms with Crippen molar-refractivity contribution in [2.75, 3.05) is 5.32 Å². The Bertz CT molecular complexity index is 950. The number of hydrogen-bond acceptors (Lipinski definition) is 3. The molecule has 0 aliphatic carbocycles. The molecule has 0 bridgehead atoms. The van der Waals surface area contributed by atoms with Crippen molar-refractivity contribution >= 4 is 21.6 Å². The molecule has 1 amide bonds. The number of anilines is 1. The summed E-state index contributed by atoms with van der Waals surface area (Å²) in [5, 5.41) is 2.72. The molecule has 2 N–H and O–H groups in total. The van der Waals surface area contributed by atoms with Crippen LogP contribution in [0.2, 0.25) is 0 Å². The zero-order valence-corrected chi connectivity index (χ0v) is 15.1. The van der Waals surface area contributed by atoms with Gasteiger partial charge in [0.1, 0.15) is 16.4 Å². The van der Waals surface area contributed by atoms with Crippen molar-refractivity contribution in [3.63, 3.8) is 0 Å². The lowest BCUT2D eigenvalue weighted by Crippen LogP contribution is -2.30. The first-order valence-corrected chi connectivity index (χ1v) is 9.45. The molecule has 1 aromatic carbocycles. The number of halogens is 1. The third kappa shape index (κ3) is 3.32. The SMILES string of the molecule is Cc1cc(NC(=O)c2c3c(cn2C)S(=O)(=O)NC(C)CC3)ccc1F. The lowest BCUT2D eigenvalue weighted by atomic mass is 10.1. The molecule has 6 nitrogen and oxygen atoms in total. The van der Waals surface area contributed by atoms with Crippen molar-refractivity contribution in [3.05, 3.63) is 47.0 Å². The minimum Gasteiger partial charge on any atom is -0.345 e. The van der Waals surface area contributed by atoms with Gasteiger partial charge < -0.3 is 9.88 Å². The molecule has 1 aromatic heterocycles. The van der Waals surface area contributed by atoms with Gasteiger partial charge in [-0.2, -0.15) is 0 Å². The Hall–Kier alpha value is -2.19. The molecule has 134 valence electrons. The van der Waals surface area contributed by atoms with Crippen LogP contribution in [0, 0.1) is 12.7 Å². The minimum atomic E-state index is -3.65. The Morgan fingerprint density at radius 3 is 2.80 bits per heavy atom. The van der Waals surface area contributed by atoms with E-state index in [-0.39, 0.29) is 16.8 Å². The number of nitrogens with one attached hydrogen (secondary N) is 2. The predicted octanol–water partition coefficient (Wildman–Crippen LogP) is 2.34. The fourth-order valence-electron chi connectivity index (χ4n) is 3.08. The number of aryl methyl sites for hydroxylation is 2. The second-order valence-electron chi connectivity index (χ2n) is 6.41. The van der Waals surface area contributed by atoms with Gasteiger partial charge in [-0.1, -0.05) is 0 Å². The van der Waals surface area contributed by atoms with E-state index in [4.69, 9.17) is 0 Å². The number of nitrogens with zero attached hydrogens (tertiary/aromatic N) is 1. The van der Waals surface area contributed by atoms with Crippen LogP contribution in [0.15, 0.2) is 29.3 Å². The first-order chi connectivity index (χ1) is 11.7. The van der Waals surface area contributed by atoms with Crippen molar-refractivity contribution < 1.29 is 17.6 Å². The lowest BCUT2D eigenvalue weighted by molar-refractivity contribution is 0.101. The molecule has 0 radical (unpaired) electrons. The molecule has 0 spiro atoms. The van der Waals surface area contributed by atoms with Gasteiger partial charge in [0.15, 0.2) is 0 Å². The molecule has 2 aromatic rings. The van der Waals surface area contributed by atoms with Gasteiger partial charge in [0.2, 0.25) is 10.0 Å². The maximum Gasteiger partial charge on any atom is 0.272 e. The number of hydrogen-bond donors (Lipinski definition) is 2. The summed E-state index contributed by atoms with van der Waals surface area (Å²) in [6, 6.07) is 4.10. The number of carbonyl (C=O) groups is 1. The van der Waals surface area contributed by atoms with Crippen molar-refractivity contribution in [1.29, 1.82) is 0 Å². The average molecular weight is 365 g/mol. The summed E-state index contributed by atoms with van der Waals surface area (Å²) in [4.78, 5) is 12.9. The van der Waals surface area contributed by atoms with Gasteiger partial charge >= 0.3 is 0 Å². The van der Waals surface area contributed by atoms with Crippen LogP contribution in [-0.4, -0.2) is 24.9 Å². The topological polar surface area (TPSA) is 80.2 Å². The Labute approximate surface area is 146 Å². The van der Waals surface area contributed by atoms with Crippen LogP contribution >= 0.6 is 0 Å². The molecule has 1 aliphatic heterocycles. The number of amides is 1. The maximum absolute atomic E-state index is 13.4. The summed E-state index contributed by atoms with van der Waals surface area (Å²) < 4.78 is 42.4. The van der Waals surface area contributed by atoms with Gasteiger partial charge in [0, 0.05) is 30.5 Å². The summed E-state index contributed by atoms with van der Waals surface area (Å²) in [5.41, 5.74) is 1.69. The molecule has 3 rings (SSSR count). The van der Waals surface area contributed by atoms with Gasteiger partial charge in [-0.3, -0.25) is 4.79 Å². The van der Waals surface area contributed by atoms with E-state index in [1.54, 1.807) is 20.9 Å². The zero-order valence-electron chi connectivity index (χ0n) is 14.3. The van der Waals surface area contributed by atoms with E-state index in [0.717, 1.165) is 0 Å². The van der Waals surface area contributed by atoms with Crippen molar-refractivity contribution in [3.8, 4) is 0 Å². The van der Waals surface area contributed by atoms with Crippen LogP contribution in [0.4, 0.5) is 10.1 Å². The van der Waals surface area contributed by atoms with Gasteiger partial charge in [0.25, 0.3) is 5.91 Å². The standard InChI is InChI=1S/C17H20FN3O3S/c1-10-8-12(5-7-14(10)18)19-17(22)16-13-6-4-11(2)20-25(23,24)15(13)9-21(16)3/h5,7-9,11,20H,4,6H2,1-3H3,(H,19,22). The molecule has 1 unspecified atom stereocenters. The van der Waals surface area contributed by atoms with E-state index in [0.29, 0.717) is 35.3 Å². The van der Waals surface area contributed by atoms with Gasteiger partial charge in [0.05, 0.1) is 0 Å². The van der Waals surface area contributed by atoms with Crippen LogP contribution in [0.5, 0.6) is 0 Å². The van der Waals surface area contributed by atoms with E-state index in [9.17, 15) is 17.6 Å². The largest absolute Gasteiger partial charge is 0.345 e. The third-order valence-corrected chi connectivity index (χ3v) is 5.99. The van der Waals surface area contributed by atoms with Gasteiger partial charge in [-0.05, 0) is 50.5 Å². The molecular weight excluding hydrogens is 345 g/mol. The summed E-state index contributed by atoms with van der Waals surface area (Å²) >= 11 is 0. The van der Waals surface area contributed by atoms with Crippen LogP contribution in [0.25, 0.3) is 0 Å². The van der Waals surface area contributed by atoms with Gasteiger partial charge in [-0.15, -0.1) is 0 Å². The van der Waals surface area contributed by atoms with Gasteiger partial charge in [-0.25, -0.2) is 17.5 Å². The molecule has 0 fully saturated rings. The Balaban J connectivity index is 1.99. The minimum absolute atomic E-state index is 0.139. The van der Waals surface area contributed by atoms with E-state index >= 15 is 0 Å². The van der Waals surface area contributed by atoms with Crippen LogP contribution < -0.4 is 10.0 Å². The lowest BCUT2D eigenvalue weighted by Gasteiger charge is -2.10. The maximum atomic E-state index is 13.4. The molecule has 25 heavy (non-hydrogen) atoms. The monoisotopic (exact) mass is 365 g/mol. The second-order valence-corrected chi connectivity index (χ2v) is 8.09. The molecule has 1 aliphatic rings. The van der Waals surface area contributed by atoms with Crippen LogP contribution in [0.3, 0.4) is 0 Å². The normalized spacial score (nSPS) is 19.1.